The molecule has 142 valence electrons. The molecule has 2 N–H and O–H groups in total. The van der Waals surface area contributed by atoms with Gasteiger partial charge in [0.15, 0.2) is 5.78 Å². The molecule has 0 aliphatic carbocycles. The molecule has 0 fully saturated rings. The van der Waals surface area contributed by atoms with Crippen LogP contribution >= 0.6 is 11.6 Å². The highest BCUT2D eigenvalue weighted by Crippen LogP contribution is 2.12. The van der Waals surface area contributed by atoms with Gasteiger partial charge in [0.1, 0.15) is 0 Å². The van der Waals surface area contributed by atoms with E-state index in [1.54, 1.807) is 0 Å². The summed E-state index contributed by atoms with van der Waals surface area (Å²) in [6.07, 6.45) is 5.91. The van der Waals surface area contributed by atoms with Crippen LogP contribution in [-0.2, 0) is 22.4 Å². The molecule has 2 aromatic rings. The first kappa shape index (κ1) is 20.6. The molecule has 0 saturated heterocycles. The number of aromatic nitrogens is 2. The zero-order valence-electron chi connectivity index (χ0n) is 15.1. The lowest BCUT2D eigenvalue weighted by Gasteiger charge is -2.08. The number of aromatic amines is 1. The van der Waals surface area contributed by atoms with E-state index in [0.717, 1.165) is 19.3 Å². The number of alkyl halides is 1. The molecule has 0 radical (unpaired) electrons. The molecule has 6 nitrogen and oxygen atoms in total. The Morgan fingerprint density at radius 1 is 1.19 bits per heavy atom. The maximum atomic E-state index is 12.4. The molecule has 27 heavy (non-hydrogen) atoms. The number of aryl methyl sites for hydroxylation is 1. The minimum atomic E-state index is -0.347. The number of carbonyl (C=O) groups is 2. The van der Waals surface area contributed by atoms with E-state index in [-0.39, 0.29) is 29.1 Å². The molecule has 1 aromatic heterocycles. The van der Waals surface area contributed by atoms with Crippen LogP contribution in [0.1, 0.15) is 36.6 Å². The van der Waals surface area contributed by atoms with Crippen LogP contribution in [0.3, 0.4) is 0 Å². The van der Waals surface area contributed by atoms with E-state index in [0.29, 0.717) is 17.7 Å². The van der Waals surface area contributed by atoms with Gasteiger partial charge >= 0.3 is 0 Å². The average molecular weight is 388 g/mol. The van der Waals surface area contributed by atoms with Gasteiger partial charge in [0.05, 0.1) is 11.6 Å². The predicted octanol–water partition coefficient (Wildman–Crippen LogP) is 3.11. The molecular formula is C20H22ClN3O3. The van der Waals surface area contributed by atoms with E-state index < -0.39 is 0 Å². The van der Waals surface area contributed by atoms with Crippen LogP contribution < -0.4 is 10.9 Å². The van der Waals surface area contributed by atoms with Gasteiger partial charge in [-0.05, 0) is 43.4 Å². The molecule has 1 heterocycles. The van der Waals surface area contributed by atoms with Gasteiger partial charge in [0, 0.05) is 12.5 Å². The Morgan fingerprint density at radius 2 is 1.89 bits per heavy atom. The van der Waals surface area contributed by atoms with E-state index in [4.69, 9.17) is 11.6 Å². The van der Waals surface area contributed by atoms with Gasteiger partial charge < -0.3 is 0 Å². The second kappa shape index (κ2) is 10.4. The summed E-state index contributed by atoms with van der Waals surface area (Å²) < 4.78 is 0. The maximum absolute atomic E-state index is 12.4. The van der Waals surface area contributed by atoms with Crippen molar-refractivity contribution in [3.05, 3.63) is 63.6 Å². The molecule has 0 atom stereocenters. The number of allylic oxidation sites excluding steroid dienone is 1. The van der Waals surface area contributed by atoms with Gasteiger partial charge in [0.2, 0.25) is 11.9 Å². The molecule has 0 saturated carbocycles. The molecule has 7 heteroatoms. The number of nitrogens with zero attached hydrogens (tertiary/aromatic N) is 1. The highest BCUT2D eigenvalue weighted by molar-refractivity contribution is 6.29. The number of ketones is 1. The number of H-pyrrole nitrogens is 1. The first-order chi connectivity index (χ1) is 13.0. The predicted molar refractivity (Wildman–Crippen MR) is 107 cm³/mol. The van der Waals surface area contributed by atoms with E-state index in [9.17, 15) is 14.4 Å². The van der Waals surface area contributed by atoms with Crippen LogP contribution in [0.5, 0.6) is 0 Å². The first-order valence-corrected chi connectivity index (χ1v) is 9.24. The third-order valence-electron chi connectivity index (χ3n) is 3.89. The smallest absolute Gasteiger partial charge is 0.256 e. The number of carbonyl (C=O) groups excluding carboxylic acids is 2. The fourth-order valence-electron chi connectivity index (χ4n) is 2.61. The molecular weight excluding hydrogens is 366 g/mol. The minimum absolute atomic E-state index is 0.0542. The van der Waals surface area contributed by atoms with Crippen molar-refractivity contribution in [2.24, 2.45) is 0 Å². The van der Waals surface area contributed by atoms with E-state index >= 15 is 0 Å². The molecule has 1 amide bonds. The van der Waals surface area contributed by atoms with Crippen molar-refractivity contribution in [3.8, 4) is 0 Å². The highest BCUT2D eigenvalue weighted by atomic mass is 35.5. The van der Waals surface area contributed by atoms with Gasteiger partial charge in [-0.3, -0.25) is 24.7 Å². The van der Waals surface area contributed by atoms with E-state index in [1.807, 2.05) is 18.2 Å². The molecule has 0 bridgehead atoms. The topological polar surface area (TPSA) is 91.9 Å². The molecule has 0 aliphatic rings. The fourth-order valence-corrected chi connectivity index (χ4v) is 2.70. The fraction of sp³-hybridized carbons (Fsp3) is 0.300. The summed E-state index contributed by atoms with van der Waals surface area (Å²) in [7, 11) is 0. The number of rotatable bonds is 9. The largest absolute Gasteiger partial charge is 0.296 e. The Kier molecular flexibility index (Phi) is 7.95. The van der Waals surface area contributed by atoms with Crippen molar-refractivity contribution >= 4 is 35.3 Å². The Labute approximate surface area is 162 Å². The molecule has 1 aromatic carbocycles. The molecule has 0 spiro atoms. The van der Waals surface area contributed by atoms with E-state index in [1.165, 1.54) is 24.6 Å². The van der Waals surface area contributed by atoms with Gasteiger partial charge in [-0.25, -0.2) is 4.98 Å². The van der Waals surface area contributed by atoms with Crippen molar-refractivity contribution in [3.63, 3.8) is 0 Å². The summed E-state index contributed by atoms with van der Waals surface area (Å²) in [6, 6.07) is 10.1. The van der Waals surface area contributed by atoms with Crippen LogP contribution in [0.15, 0.2) is 41.2 Å². The number of amides is 1. The average Bonchev–Trinajstić information content (AvgIpc) is 2.64. The van der Waals surface area contributed by atoms with Crippen LogP contribution in [0.4, 0.5) is 5.95 Å². The lowest BCUT2D eigenvalue weighted by Crippen LogP contribution is -2.21. The summed E-state index contributed by atoms with van der Waals surface area (Å²) in [6.45, 7) is 1.32. The number of benzene rings is 1. The summed E-state index contributed by atoms with van der Waals surface area (Å²) in [5.41, 5.74) is 1.77. The summed E-state index contributed by atoms with van der Waals surface area (Å²) in [5.74, 6) is -0.723. The number of unbranched alkanes of at least 4 members (excludes halogenated alkanes) is 1. The molecule has 0 unspecified atom stereocenters. The van der Waals surface area contributed by atoms with Crippen LogP contribution in [0.25, 0.3) is 6.08 Å². The Bertz CT molecular complexity index is 876. The Morgan fingerprint density at radius 3 is 2.56 bits per heavy atom. The quantitative estimate of drug-likeness (QED) is 0.393. The second-order valence-electron chi connectivity index (χ2n) is 6.09. The van der Waals surface area contributed by atoms with Gasteiger partial charge in [0.25, 0.3) is 5.56 Å². The molecule has 2 rings (SSSR count). The van der Waals surface area contributed by atoms with Gasteiger partial charge in [-0.15, -0.1) is 11.6 Å². The number of hydrogen-bond donors (Lipinski definition) is 2. The third kappa shape index (κ3) is 6.83. The van der Waals surface area contributed by atoms with E-state index in [2.05, 4.69) is 27.4 Å². The van der Waals surface area contributed by atoms with Crippen LogP contribution in [0.2, 0.25) is 0 Å². The zero-order chi connectivity index (χ0) is 19.6. The molecule has 0 aliphatic heterocycles. The van der Waals surface area contributed by atoms with Crippen molar-refractivity contribution in [2.75, 3.05) is 11.2 Å². The highest BCUT2D eigenvalue weighted by Gasteiger charge is 2.11. The maximum Gasteiger partial charge on any atom is 0.256 e. The third-order valence-corrected chi connectivity index (χ3v) is 4.15. The SMILES string of the molecule is CC(=O)Nc1nc(/C=C/C(=O)CCl)c(CCCCc2ccccc2)c(=O)[nH]1. The summed E-state index contributed by atoms with van der Waals surface area (Å²) in [5, 5.41) is 2.45. The van der Waals surface area contributed by atoms with Gasteiger partial charge in [-0.2, -0.15) is 0 Å². The van der Waals surface area contributed by atoms with Crippen LogP contribution in [-0.4, -0.2) is 27.5 Å². The van der Waals surface area contributed by atoms with Crippen molar-refractivity contribution in [1.29, 1.82) is 0 Å². The summed E-state index contributed by atoms with van der Waals surface area (Å²) >= 11 is 5.50. The normalized spacial score (nSPS) is 10.9. The standard InChI is InChI=1S/C20H22ClN3O3/c1-14(25)22-20-23-18(12-11-16(26)13-21)17(19(27)24-20)10-6-5-9-15-7-3-2-4-8-15/h2-4,7-8,11-12H,5-6,9-10,13H2,1H3,(H2,22,23,24,25,27)/b12-11+. The van der Waals surface area contributed by atoms with Crippen molar-refractivity contribution in [1.82, 2.24) is 9.97 Å². The number of hydrogen-bond acceptors (Lipinski definition) is 4. The minimum Gasteiger partial charge on any atom is -0.296 e. The second-order valence-corrected chi connectivity index (χ2v) is 6.35. The lowest BCUT2D eigenvalue weighted by molar-refractivity contribution is -0.114. The lowest BCUT2D eigenvalue weighted by atomic mass is 10.0. The monoisotopic (exact) mass is 387 g/mol. The zero-order valence-corrected chi connectivity index (χ0v) is 15.9. The Balaban J connectivity index is 2.14. The van der Waals surface area contributed by atoms with Crippen LogP contribution in [0, 0.1) is 0 Å². The summed E-state index contributed by atoms with van der Waals surface area (Å²) in [4.78, 5) is 41.9. The number of nitrogens with one attached hydrogen (secondary N) is 2. The van der Waals surface area contributed by atoms with Crippen molar-refractivity contribution < 1.29 is 9.59 Å². The number of anilines is 1. The Hall–Kier alpha value is -2.73. The van der Waals surface area contributed by atoms with Gasteiger partial charge in [-0.1, -0.05) is 30.3 Å². The van der Waals surface area contributed by atoms with Crippen molar-refractivity contribution in [2.45, 2.75) is 32.6 Å². The first-order valence-electron chi connectivity index (χ1n) is 8.71. The number of halogens is 1.